The molecule has 0 saturated carbocycles. The number of nitriles is 1. The highest BCUT2D eigenvalue weighted by Gasteiger charge is 2.30. The number of hydrogen-bond donors (Lipinski definition) is 1. The molecule has 1 amide bonds. The number of rotatable bonds is 7. The highest BCUT2D eigenvalue weighted by molar-refractivity contribution is 7.99. The number of para-hydroxylation sites is 2. The van der Waals surface area contributed by atoms with E-state index in [0.29, 0.717) is 5.92 Å². The lowest BCUT2D eigenvalue weighted by molar-refractivity contribution is -0.120. The van der Waals surface area contributed by atoms with Gasteiger partial charge in [0.25, 0.3) is 0 Å². The Kier molecular flexibility index (Phi) is 6.12. The number of carbonyl (C=O) groups excluding carboxylic acids is 1. The normalized spacial score (nSPS) is 13.8. The molecule has 25 heavy (non-hydrogen) atoms. The van der Waals surface area contributed by atoms with E-state index in [0.717, 1.165) is 22.7 Å². The Hall–Kier alpha value is -2.00. The summed E-state index contributed by atoms with van der Waals surface area (Å²) in [7, 11) is 0. The van der Waals surface area contributed by atoms with Gasteiger partial charge >= 0.3 is 0 Å². The number of fused-ring (bicyclic) bond motifs is 1. The zero-order valence-corrected chi connectivity index (χ0v) is 16.4. The van der Waals surface area contributed by atoms with Crippen LogP contribution in [0.1, 0.15) is 34.6 Å². The van der Waals surface area contributed by atoms with Gasteiger partial charge in [-0.05, 0) is 30.9 Å². The molecule has 6 heteroatoms. The molecule has 0 radical (unpaired) electrons. The Morgan fingerprint density at radius 3 is 2.64 bits per heavy atom. The number of nitrogens with one attached hydrogen (secondary N) is 1. The highest BCUT2D eigenvalue weighted by Crippen LogP contribution is 2.25. The van der Waals surface area contributed by atoms with E-state index in [1.54, 1.807) is 6.92 Å². The summed E-state index contributed by atoms with van der Waals surface area (Å²) in [6.07, 6.45) is 0. The highest BCUT2D eigenvalue weighted by atomic mass is 32.2. The van der Waals surface area contributed by atoms with E-state index < -0.39 is 5.54 Å². The number of hydrogen-bond acceptors (Lipinski definition) is 4. The van der Waals surface area contributed by atoms with Gasteiger partial charge in [0.15, 0.2) is 5.16 Å². The lowest BCUT2D eigenvalue weighted by atomic mass is 9.90. The van der Waals surface area contributed by atoms with Crippen molar-refractivity contribution >= 4 is 28.7 Å². The first-order chi connectivity index (χ1) is 11.8. The van der Waals surface area contributed by atoms with Crippen LogP contribution in [0.5, 0.6) is 0 Å². The molecule has 1 atom stereocenters. The summed E-state index contributed by atoms with van der Waals surface area (Å²) in [5.41, 5.74) is 1.17. The average Bonchev–Trinajstić information content (AvgIpc) is 2.90. The van der Waals surface area contributed by atoms with E-state index >= 15 is 0 Å². The molecule has 0 aliphatic heterocycles. The molecule has 5 nitrogen and oxygen atoms in total. The van der Waals surface area contributed by atoms with Crippen LogP contribution in [0.3, 0.4) is 0 Å². The molecule has 1 unspecified atom stereocenters. The van der Waals surface area contributed by atoms with Crippen molar-refractivity contribution in [1.82, 2.24) is 14.9 Å². The summed E-state index contributed by atoms with van der Waals surface area (Å²) in [4.78, 5) is 17.0. The van der Waals surface area contributed by atoms with E-state index in [4.69, 9.17) is 0 Å². The van der Waals surface area contributed by atoms with Crippen LogP contribution in [-0.2, 0) is 11.3 Å². The molecule has 134 valence electrons. The molecule has 0 spiro atoms. The quantitative estimate of drug-likeness (QED) is 0.764. The number of thioether (sulfide) groups is 1. The minimum Gasteiger partial charge on any atom is -0.337 e. The summed E-state index contributed by atoms with van der Waals surface area (Å²) in [6, 6.07) is 10.2. The lowest BCUT2D eigenvalue weighted by Crippen LogP contribution is -2.49. The fourth-order valence-corrected chi connectivity index (χ4v) is 3.29. The Bertz CT molecular complexity index is 790. The summed E-state index contributed by atoms with van der Waals surface area (Å²) in [5.74, 6) is 0.613. The summed E-state index contributed by atoms with van der Waals surface area (Å²) in [6.45, 7) is 10.8. The number of nitrogens with zero attached hydrogens (tertiary/aromatic N) is 3. The topological polar surface area (TPSA) is 70.7 Å². The Balaban J connectivity index is 2.15. The second-order valence-corrected chi connectivity index (χ2v) is 8.14. The third-order valence-corrected chi connectivity index (χ3v) is 5.26. The van der Waals surface area contributed by atoms with Crippen molar-refractivity contribution in [2.45, 2.75) is 51.9 Å². The molecule has 0 bridgehead atoms. The van der Waals surface area contributed by atoms with E-state index in [9.17, 15) is 10.1 Å². The Morgan fingerprint density at radius 1 is 1.36 bits per heavy atom. The average molecular weight is 359 g/mol. The molecule has 0 fully saturated rings. The van der Waals surface area contributed by atoms with Crippen LogP contribution < -0.4 is 5.32 Å². The minimum absolute atomic E-state index is 0.0389. The standard InChI is InChI=1S/C19H26N4OS/c1-13(2)10-23-16-9-7-6-8-15(16)21-18(23)25-11-17(24)22-19(5,12-20)14(3)4/h6-9,13-14H,10-11H2,1-5H3,(H,22,24). The maximum Gasteiger partial charge on any atom is 0.231 e. The van der Waals surface area contributed by atoms with Crippen molar-refractivity contribution in [3.63, 3.8) is 0 Å². The van der Waals surface area contributed by atoms with Crippen LogP contribution in [0.25, 0.3) is 11.0 Å². The van der Waals surface area contributed by atoms with Crippen LogP contribution in [-0.4, -0.2) is 26.8 Å². The SMILES string of the molecule is CC(C)Cn1c(SCC(=O)NC(C)(C#N)C(C)C)nc2ccccc21. The van der Waals surface area contributed by atoms with Crippen LogP contribution in [0.15, 0.2) is 29.4 Å². The summed E-state index contributed by atoms with van der Waals surface area (Å²) >= 11 is 1.42. The third kappa shape index (κ3) is 4.55. The van der Waals surface area contributed by atoms with Crippen molar-refractivity contribution in [3.8, 4) is 6.07 Å². The van der Waals surface area contributed by atoms with Gasteiger partial charge in [-0.1, -0.05) is 51.6 Å². The zero-order chi connectivity index (χ0) is 18.6. The van der Waals surface area contributed by atoms with E-state index in [1.165, 1.54) is 11.8 Å². The van der Waals surface area contributed by atoms with Gasteiger partial charge in [0.05, 0.1) is 22.9 Å². The van der Waals surface area contributed by atoms with Crippen molar-refractivity contribution in [2.75, 3.05) is 5.75 Å². The van der Waals surface area contributed by atoms with Crippen LogP contribution in [0.2, 0.25) is 0 Å². The Labute approximate surface area is 153 Å². The molecule has 0 aliphatic rings. The number of imidazole rings is 1. The minimum atomic E-state index is -0.851. The number of aromatic nitrogens is 2. The van der Waals surface area contributed by atoms with Crippen molar-refractivity contribution in [1.29, 1.82) is 5.26 Å². The van der Waals surface area contributed by atoms with Crippen molar-refractivity contribution in [2.24, 2.45) is 11.8 Å². The molecule has 1 aromatic carbocycles. The smallest absolute Gasteiger partial charge is 0.231 e. The van der Waals surface area contributed by atoms with Gasteiger partial charge in [0, 0.05) is 6.54 Å². The monoisotopic (exact) mass is 358 g/mol. The van der Waals surface area contributed by atoms with Crippen molar-refractivity contribution < 1.29 is 4.79 Å². The van der Waals surface area contributed by atoms with Gasteiger partial charge in [-0.25, -0.2) is 4.98 Å². The maximum atomic E-state index is 12.3. The molecule has 1 aromatic heterocycles. The van der Waals surface area contributed by atoms with Gasteiger partial charge in [-0.3, -0.25) is 4.79 Å². The first-order valence-corrected chi connectivity index (χ1v) is 9.55. The molecular formula is C19H26N4OS. The van der Waals surface area contributed by atoms with Gasteiger partial charge in [0.1, 0.15) is 5.54 Å². The van der Waals surface area contributed by atoms with Gasteiger partial charge in [-0.15, -0.1) is 0 Å². The fraction of sp³-hybridized carbons (Fsp3) is 0.526. The molecular weight excluding hydrogens is 332 g/mol. The largest absolute Gasteiger partial charge is 0.337 e. The molecule has 1 heterocycles. The molecule has 2 aromatic rings. The first kappa shape index (κ1) is 19.3. The molecule has 1 N–H and O–H groups in total. The predicted molar refractivity (Wildman–Crippen MR) is 102 cm³/mol. The van der Waals surface area contributed by atoms with Gasteiger partial charge in [-0.2, -0.15) is 5.26 Å². The summed E-state index contributed by atoms with van der Waals surface area (Å²) < 4.78 is 2.17. The van der Waals surface area contributed by atoms with E-state index in [-0.39, 0.29) is 17.6 Å². The Morgan fingerprint density at radius 2 is 2.04 bits per heavy atom. The second kappa shape index (κ2) is 7.92. The molecule has 0 saturated heterocycles. The maximum absolute atomic E-state index is 12.3. The van der Waals surface area contributed by atoms with Crippen LogP contribution >= 0.6 is 11.8 Å². The van der Waals surface area contributed by atoms with Gasteiger partial charge < -0.3 is 9.88 Å². The van der Waals surface area contributed by atoms with Crippen molar-refractivity contribution in [3.05, 3.63) is 24.3 Å². The van der Waals surface area contributed by atoms with E-state index in [1.807, 2.05) is 32.0 Å². The molecule has 0 aliphatic carbocycles. The number of amides is 1. The number of benzene rings is 1. The first-order valence-electron chi connectivity index (χ1n) is 8.57. The third-order valence-electron chi connectivity index (χ3n) is 4.29. The predicted octanol–water partition coefficient (Wildman–Crippen LogP) is 3.84. The summed E-state index contributed by atoms with van der Waals surface area (Å²) in [5, 5.41) is 13.0. The fourth-order valence-electron chi connectivity index (χ4n) is 2.46. The zero-order valence-electron chi connectivity index (χ0n) is 15.5. The second-order valence-electron chi connectivity index (χ2n) is 7.19. The van der Waals surface area contributed by atoms with E-state index in [2.05, 4.69) is 40.9 Å². The van der Waals surface area contributed by atoms with Crippen LogP contribution in [0, 0.1) is 23.2 Å². The van der Waals surface area contributed by atoms with Crippen LogP contribution in [0.4, 0.5) is 0 Å². The number of carbonyl (C=O) groups is 1. The van der Waals surface area contributed by atoms with Gasteiger partial charge in [0.2, 0.25) is 5.91 Å². The lowest BCUT2D eigenvalue weighted by Gasteiger charge is -2.27. The molecule has 2 rings (SSSR count).